The van der Waals surface area contributed by atoms with Crippen LogP contribution >= 0.6 is 23.1 Å². The summed E-state index contributed by atoms with van der Waals surface area (Å²) >= 11 is 2.67. The zero-order valence-electron chi connectivity index (χ0n) is 15.2. The van der Waals surface area contributed by atoms with E-state index < -0.39 is 0 Å². The number of anilines is 2. The van der Waals surface area contributed by atoms with Gasteiger partial charge in [-0.15, -0.1) is 10.2 Å². The zero-order chi connectivity index (χ0) is 18.4. The van der Waals surface area contributed by atoms with E-state index in [1.165, 1.54) is 67.2 Å². The van der Waals surface area contributed by atoms with Crippen LogP contribution in [0.1, 0.15) is 44.1 Å². The number of thioether (sulfide) groups is 1. The van der Waals surface area contributed by atoms with Gasteiger partial charge in [-0.3, -0.25) is 4.79 Å². The van der Waals surface area contributed by atoms with Crippen molar-refractivity contribution in [2.24, 2.45) is 17.8 Å². The Morgan fingerprint density at radius 2 is 1.74 bits per heavy atom. The second-order valence-electron chi connectivity index (χ2n) is 8.52. The summed E-state index contributed by atoms with van der Waals surface area (Å²) in [6, 6.07) is 8.64. The molecule has 5 nitrogen and oxygen atoms in total. The molecule has 1 heterocycles. The molecule has 1 aromatic heterocycles. The highest BCUT2D eigenvalue weighted by Gasteiger charge is 2.51. The molecule has 2 aromatic rings. The normalized spacial score (nSPS) is 31.2. The average molecular weight is 401 g/mol. The van der Waals surface area contributed by atoms with E-state index >= 15 is 0 Å². The predicted octanol–water partition coefficient (Wildman–Crippen LogP) is 4.32. The Morgan fingerprint density at radius 3 is 2.30 bits per heavy atom. The first-order valence-electron chi connectivity index (χ1n) is 9.70. The van der Waals surface area contributed by atoms with E-state index in [0.29, 0.717) is 16.3 Å². The molecule has 4 fully saturated rings. The minimum Gasteiger partial charge on any atom is -0.374 e. The Labute approximate surface area is 167 Å². The van der Waals surface area contributed by atoms with Crippen LogP contribution in [0.2, 0.25) is 0 Å². The van der Waals surface area contributed by atoms with E-state index in [-0.39, 0.29) is 5.91 Å². The van der Waals surface area contributed by atoms with Gasteiger partial charge in [0, 0.05) is 5.69 Å². The molecule has 0 spiro atoms. The van der Waals surface area contributed by atoms with Crippen molar-refractivity contribution in [2.75, 3.05) is 16.8 Å². The monoisotopic (exact) mass is 400 g/mol. The fraction of sp³-hybridized carbons (Fsp3) is 0.550. The number of benzene rings is 1. The molecule has 4 saturated carbocycles. The number of hydrogen-bond acceptors (Lipinski definition) is 6. The topological polar surface area (TPSA) is 80.9 Å². The summed E-state index contributed by atoms with van der Waals surface area (Å²) in [6.07, 6.45) is 8.49. The smallest absolute Gasteiger partial charge is 0.234 e. The third-order valence-corrected chi connectivity index (χ3v) is 8.45. The van der Waals surface area contributed by atoms with Gasteiger partial charge in [0.1, 0.15) is 0 Å². The van der Waals surface area contributed by atoms with Crippen molar-refractivity contribution in [1.82, 2.24) is 10.2 Å². The maximum absolute atomic E-state index is 12.2. The lowest BCUT2D eigenvalue weighted by Crippen LogP contribution is -2.48. The van der Waals surface area contributed by atoms with Gasteiger partial charge in [0.05, 0.1) is 5.75 Å². The molecule has 0 radical (unpaired) electrons. The van der Waals surface area contributed by atoms with Gasteiger partial charge in [-0.2, -0.15) is 0 Å². The molecule has 0 unspecified atom stereocenters. The Hall–Kier alpha value is -1.60. The lowest BCUT2D eigenvalue weighted by Gasteiger charge is -2.57. The first kappa shape index (κ1) is 17.5. The number of carbonyl (C=O) groups excluding carboxylic acids is 1. The van der Waals surface area contributed by atoms with E-state index in [1.807, 2.05) is 0 Å². The summed E-state index contributed by atoms with van der Waals surface area (Å²) in [6.45, 7) is 0. The largest absolute Gasteiger partial charge is 0.374 e. The second-order valence-corrected chi connectivity index (χ2v) is 10.7. The van der Waals surface area contributed by atoms with Gasteiger partial charge in [0.2, 0.25) is 11.0 Å². The number of rotatable bonds is 5. The molecule has 3 N–H and O–H groups in total. The highest BCUT2D eigenvalue weighted by molar-refractivity contribution is 8.01. The van der Waals surface area contributed by atoms with Crippen LogP contribution in [0.5, 0.6) is 0 Å². The maximum Gasteiger partial charge on any atom is 0.234 e. The van der Waals surface area contributed by atoms with Crippen molar-refractivity contribution in [3.8, 4) is 0 Å². The molecule has 6 rings (SSSR count). The fourth-order valence-corrected chi connectivity index (χ4v) is 7.41. The van der Waals surface area contributed by atoms with Gasteiger partial charge in [-0.25, -0.2) is 0 Å². The molecule has 0 aliphatic heterocycles. The zero-order valence-corrected chi connectivity index (χ0v) is 16.8. The van der Waals surface area contributed by atoms with Crippen molar-refractivity contribution in [3.05, 3.63) is 29.8 Å². The quantitative estimate of drug-likeness (QED) is 0.731. The van der Waals surface area contributed by atoms with Crippen molar-refractivity contribution in [2.45, 2.75) is 48.3 Å². The van der Waals surface area contributed by atoms with Gasteiger partial charge < -0.3 is 11.1 Å². The fourth-order valence-electron chi connectivity index (χ4n) is 5.97. The third-order valence-electron chi connectivity index (χ3n) is 6.57. The lowest BCUT2D eigenvalue weighted by atomic mass is 9.48. The molecular weight excluding hydrogens is 376 g/mol. The molecule has 27 heavy (non-hydrogen) atoms. The molecular formula is C20H24N4OS2. The first-order chi connectivity index (χ1) is 13.1. The molecule has 142 valence electrons. The number of amides is 1. The molecule has 4 aliphatic rings. The molecule has 7 heteroatoms. The number of nitrogens with one attached hydrogen (secondary N) is 1. The summed E-state index contributed by atoms with van der Waals surface area (Å²) < 4.78 is 0.722. The van der Waals surface area contributed by atoms with Gasteiger partial charge in [0.15, 0.2) is 4.34 Å². The third kappa shape index (κ3) is 3.47. The van der Waals surface area contributed by atoms with Gasteiger partial charge >= 0.3 is 0 Å². The molecule has 0 atom stereocenters. The van der Waals surface area contributed by atoms with Crippen molar-refractivity contribution >= 4 is 39.8 Å². The van der Waals surface area contributed by atoms with E-state index in [1.54, 1.807) is 0 Å². The Kier molecular flexibility index (Phi) is 4.39. The molecule has 1 amide bonds. The number of aromatic nitrogens is 2. The number of nitrogens with zero attached hydrogens (tertiary/aromatic N) is 2. The Bertz CT molecular complexity index is 813. The van der Waals surface area contributed by atoms with Crippen LogP contribution in [0, 0.1) is 17.8 Å². The number of hydrogen-bond donors (Lipinski definition) is 2. The van der Waals surface area contributed by atoms with E-state index in [9.17, 15) is 4.79 Å². The minimum atomic E-state index is -0.0312. The van der Waals surface area contributed by atoms with Crippen LogP contribution < -0.4 is 11.1 Å². The maximum atomic E-state index is 12.2. The lowest BCUT2D eigenvalue weighted by molar-refractivity contribution is -0.113. The van der Waals surface area contributed by atoms with Crippen LogP contribution in [0.3, 0.4) is 0 Å². The van der Waals surface area contributed by atoms with Gasteiger partial charge in [-0.05, 0) is 79.4 Å². The van der Waals surface area contributed by atoms with Crippen LogP contribution in [-0.2, 0) is 10.2 Å². The molecule has 4 aliphatic carbocycles. The average Bonchev–Trinajstić information content (AvgIpc) is 3.05. The summed E-state index contributed by atoms with van der Waals surface area (Å²) in [7, 11) is 0. The highest BCUT2D eigenvalue weighted by Crippen LogP contribution is 2.60. The van der Waals surface area contributed by atoms with E-state index in [4.69, 9.17) is 5.73 Å². The van der Waals surface area contributed by atoms with Crippen LogP contribution in [0.4, 0.5) is 10.8 Å². The predicted molar refractivity (Wildman–Crippen MR) is 110 cm³/mol. The summed E-state index contributed by atoms with van der Waals surface area (Å²) in [5.41, 5.74) is 8.32. The summed E-state index contributed by atoms with van der Waals surface area (Å²) in [5.74, 6) is 3.12. The van der Waals surface area contributed by atoms with E-state index in [2.05, 4.69) is 39.8 Å². The van der Waals surface area contributed by atoms with E-state index in [0.717, 1.165) is 27.8 Å². The molecule has 4 bridgehead atoms. The number of carbonyl (C=O) groups is 1. The Morgan fingerprint density at radius 1 is 1.11 bits per heavy atom. The highest BCUT2D eigenvalue weighted by atomic mass is 32.2. The second kappa shape index (κ2) is 6.78. The Balaban J connectivity index is 1.22. The molecule has 0 saturated heterocycles. The van der Waals surface area contributed by atoms with Gasteiger partial charge in [-0.1, -0.05) is 35.2 Å². The standard InChI is InChI=1S/C20H24N4OS2/c21-18-23-24-19(27-18)26-11-17(25)22-16-3-1-15(2-4-16)20-8-12-5-13(9-20)7-14(6-12)10-20/h1-4,12-14H,5-11H2,(H2,21,23)(H,22,25). The number of nitrogens with two attached hydrogens (primary N) is 1. The van der Waals surface area contributed by atoms with Crippen LogP contribution in [0.25, 0.3) is 0 Å². The summed E-state index contributed by atoms with van der Waals surface area (Å²) in [5, 5.41) is 11.1. The minimum absolute atomic E-state index is 0.0312. The number of nitrogen functional groups attached to an aromatic ring is 1. The van der Waals surface area contributed by atoms with Crippen LogP contribution in [-0.4, -0.2) is 21.9 Å². The van der Waals surface area contributed by atoms with Gasteiger partial charge in [0.25, 0.3) is 0 Å². The summed E-state index contributed by atoms with van der Waals surface area (Å²) in [4.78, 5) is 12.2. The SMILES string of the molecule is Nc1nnc(SCC(=O)Nc2ccc(C34CC5CC(CC(C5)C3)C4)cc2)s1. The van der Waals surface area contributed by atoms with Crippen molar-refractivity contribution in [1.29, 1.82) is 0 Å². The first-order valence-corrected chi connectivity index (χ1v) is 11.5. The van der Waals surface area contributed by atoms with Crippen molar-refractivity contribution in [3.63, 3.8) is 0 Å². The molecule has 1 aromatic carbocycles. The van der Waals surface area contributed by atoms with Crippen LogP contribution in [0.15, 0.2) is 28.6 Å². The van der Waals surface area contributed by atoms with Crippen molar-refractivity contribution < 1.29 is 4.79 Å².